The molecule has 1 heterocycles. The minimum Gasteiger partial charge on any atom is -0.466 e. The first-order valence-electron chi connectivity index (χ1n) is 5.63. The number of hydrogen-bond acceptors (Lipinski definition) is 6. The highest BCUT2D eigenvalue weighted by Gasteiger charge is 2.12. The van der Waals surface area contributed by atoms with Crippen molar-refractivity contribution in [3.8, 4) is 0 Å². The Bertz CT molecular complexity index is 423. The Kier molecular flexibility index (Phi) is 5.56. The number of carbonyl (C=O) groups excluding carboxylic acids is 1. The van der Waals surface area contributed by atoms with E-state index in [1.165, 1.54) is 18.5 Å². The molecule has 0 aliphatic rings. The number of hydrogen-bond donors (Lipinski definition) is 1. The smallest absolute Gasteiger partial charge is 0.310 e. The number of anilines is 1. The van der Waals surface area contributed by atoms with Gasteiger partial charge in [0.1, 0.15) is 11.9 Å². The number of aromatic nitrogens is 1. The maximum Gasteiger partial charge on any atom is 0.310 e. The predicted molar refractivity (Wildman–Crippen MR) is 65.2 cm³/mol. The van der Waals surface area contributed by atoms with Crippen molar-refractivity contribution in [2.45, 2.75) is 19.8 Å². The van der Waals surface area contributed by atoms with Crippen LogP contribution in [-0.4, -0.2) is 29.0 Å². The minimum atomic E-state index is -0.499. The van der Waals surface area contributed by atoms with E-state index in [4.69, 9.17) is 4.74 Å². The Morgan fingerprint density at radius 3 is 3.06 bits per heavy atom. The standard InChI is InChI=1S/C11H15N3O4/c1-2-18-11(15)4-3-6-13-9-5-7-12-8-10(9)14(16)17/h5,7-8H,2-4,6H2,1H3,(H,12,13). The van der Waals surface area contributed by atoms with Gasteiger partial charge in [-0.2, -0.15) is 0 Å². The van der Waals surface area contributed by atoms with Gasteiger partial charge < -0.3 is 10.1 Å². The third-order valence-corrected chi connectivity index (χ3v) is 2.18. The number of nitrogens with zero attached hydrogens (tertiary/aromatic N) is 2. The molecule has 7 nitrogen and oxygen atoms in total. The second-order valence-corrected chi connectivity index (χ2v) is 3.49. The highest BCUT2D eigenvalue weighted by Crippen LogP contribution is 2.21. The number of rotatable bonds is 7. The summed E-state index contributed by atoms with van der Waals surface area (Å²) in [6, 6.07) is 1.53. The Labute approximate surface area is 104 Å². The van der Waals surface area contributed by atoms with E-state index in [2.05, 4.69) is 10.3 Å². The van der Waals surface area contributed by atoms with Gasteiger partial charge in [0.05, 0.1) is 11.5 Å². The van der Waals surface area contributed by atoms with E-state index < -0.39 is 4.92 Å². The molecular weight excluding hydrogens is 238 g/mol. The fraction of sp³-hybridized carbons (Fsp3) is 0.455. The quantitative estimate of drug-likeness (QED) is 0.344. The molecule has 0 aromatic carbocycles. The lowest BCUT2D eigenvalue weighted by Gasteiger charge is -2.06. The number of esters is 1. The Balaban J connectivity index is 2.40. The first kappa shape index (κ1) is 13.9. The van der Waals surface area contributed by atoms with Crippen molar-refractivity contribution in [1.29, 1.82) is 0 Å². The van der Waals surface area contributed by atoms with Crippen molar-refractivity contribution in [2.75, 3.05) is 18.5 Å². The lowest BCUT2D eigenvalue weighted by molar-refractivity contribution is -0.384. The van der Waals surface area contributed by atoms with Crippen LogP contribution in [0.15, 0.2) is 18.5 Å². The maximum absolute atomic E-state index is 11.1. The maximum atomic E-state index is 11.1. The van der Waals surface area contributed by atoms with Gasteiger partial charge in [-0.3, -0.25) is 19.9 Å². The van der Waals surface area contributed by atoms with E-state index >= 15 is 0 Å². The third-order valence-electron chi connectivity index (χ3n) is 2.18. The molecule has 1 aromatic rings. The molecule has 0 saturated carbocycles. The SMILES string of the molecule is CCOC(=O)CCCNc1ccncc1[N+](=O)[O-]. The van der Waals surface area contributed by atoms with Gasteiger partial charge in [-0.1, -0.05) is 0 Å². The number of carbonyl (C=O) groups is 1. The van der Waals surface area contributed by atoms with Crippen LogP contribution in [0.1, 0.15) is 19.8 Å². The van der Waals surface area contributed by atoms with Crippen molar-refractivity contribution in [3.05, 3.63) is 28.6 Å². The fourth-order valence-electron chi connectivity index (χ4n) is 1.37. The van der Waals surface area contributed by atoms with Crippen LogP contribution in [0.5, 0.6) is 0 Å². The van der Waals surface area contributed by atoms with Gasteiger partial charge in [-0.05, 0) is 19.4 Å². The number of nitrogens with one attached hydrogen (secondary N) is 1. The molecule has 1 aromatic heterocycles. The number of nitro groups is 1. The molecule has 0 saturated heterocycles. The van der Waals surface area contributed by atoms with E-state index in [-0.39, 0.29) is 11.7 Å². The second-order valence-electron chi connectivity index (χ2n) is 3.49. The molecule has 0 radical (unpaired) electrons. The van der Waals surface area contributed by atoms with Gasteiger partial charge in [0.25, 0.3) is 0 Å². The molecule has 0 aliphatic carbocycles. The van der Waals surface area contributed by atoms with Gasteiger partial charge in [-0.15, -0.1) is 0 Å². The zero-order valence-electron chi connectivity index (χ0n) is 10.1. The topological polar surface area (TPSA) is 94.4 Å². The van der Waals surface area contributed by atoms with Crippen LogP contribution in [0.4, 0.5) is 11.4 Å². The average Bonchev–Trinajstić information content (AvgIpc) is 2.35. The van der Waals surface area contributed by atoms with Crippen LogP contribution in [0.25, 0.3) is 0 Å². The van der Waals surface area contributed by atoms with Crippen LogP contribution < -0.4 is 5.32 Å². The Morgan fingerprint density at radius 2 is 2.39 bits per heavy atom. The second kappa shape index (κ2) is 7.21. The molecule has 98 valence electrons. The monoisotopic (exact) mass is 253 g/mol. The Morgan fingerprint density at radius 1 is 1.61 bits per heavy atom. The van der Waals surface area contributed by atoms with E-state index in [1.807, 2.05) is 0 Å². The molecule has 0 atom stereocenters. The number of ether oxygens (including phenoxy) is 1. The largest absolute Gasteiger partial charge is 0.466 e. The van der Waals surface area contributed by atoms with Gasteiger partial charge in [0.15, 0.2) is 0 Å². The minimum absolute atomic E-state index is 0.0753. The lowest BCUT2D eigenvalue weighted by Crippen LogP contribution is -2.09. The normalized spacial score (nSPS) is 9.83. The van der Waals surface area contributed by atoms with Gasteiger partial charge in [0, 0.05) is 19.2 Å². The summed E-state index contributed by atoms with van der Waals surface area (Å²) in [5, 5.41) is 13.6. The van der Waals surface area contributed by atoms with E-state index in [1.54, 1.807) is 6.92 Å². The van der Waals surface area contributed by atoms with E-state index in [9.17, 15) is 14.9 Å². The summed E-state index contributed by atoms with van der Waals surface area (Å²) < 4.78 is 4.77. The summed E-state index contributed by atoms with van der Waals surface area (Å²) in [4.78, 5) is 25.0. The third kappa shape index (κ3) is 4.36. The summed E-state index contributed by atoms with van der Waals surface area (Å²) >= 11 is 0. The molecule has 0 unspecified atom stereocenters. The summed E-state index contributed by atoms with van der Waals surface area (Å²) in [5.41, 5.74) is 0.326. The van der Waals surface area contributed by atoms with Crippen molar-refractivity contribution in [1.82, 2.24) is 4.98 Å². The van der Waals surface area contributed by atoms with E-state index in [0.717, 1.165) is 0 Å². The van der Waals surface area contributed by atoms with Crippen LogP contribution in [0, 0.1) is 10.1 Å². The van der Waals surface area contributed by atoms with Gasteiger partial charge >= 0.3 is 11.7 Å². The summed E-state index contributed by atoms with van der Waals surface area (Å²) in [7, 11) is 0. The zero-order chi connectivity index (χ0) is 13.4. The molecule has 1 N–H and O–H groups in total. The van der Waals surface area contributed by atoms with E-state index in [0.29, 0.717) is 31.7 Å². The summed E-state index contributed by atoms with van der Waals surface area (Å²) in [6.07, 6.45) is 3.51. The van der Waals surface area contributed by atoms with Crippen LogP contribution in [-0.2, 0) is 9.53 Å². The molecule has 7 heteroatoms. The lowest BCUT2D eigenvalue weighted by atomic mass is 10.3. The van der Waals surface area contributed by atoms with Crippen molar-refractivity contribution < 1.29 is 14.5 Å². The number of pyridine rings is 1. The summed E-state index contributed by atoms with van der Waals surface area (Å²) in [6.45, 7) is 2.57. The molecule has 0 fully saturated rings. The molecule has 18 heavy (non-hydrogen) atoms. The predicted octanol–water partition coefficient (Wildman–Crippen LogP) is 1.74. The summed E-state index contributed by atoms with van der Waals surface area (Å²) in [5.74, 6) is -0.261. The van der Waals surface area contributed by atoms with Crippen LogP contribution in [0.3, 0.4) is 0 Å². The average molecular weight is 253 g/mol. The van der Waals surface area contributed by atoms with Crippen LogP contribution >= 0.6 is 0 Å². The molecule has 0 spiro atoms. The zero-order valence-corrected chi connectivity index (χ0v) is 10.1. The van der Waals surface area contributed by atoms with Crippen LogP contribution in [0.2, 0.25) is 0 Å². The fourth-order valence-corrected chi connectivity index (χ4v) is 1.37. The molecule has 0 bridgehead atoms. The molecule has 1 rings (SSSR count). The highest BCUT2D eigenvalue weighted by atomic mass is 16.6. The van der Waals surface area contributed by atoms with Gasteiger partial charge in [-0.25, -0.2) is 0 Å². The Hall–Kier alpha value is -2.18. The highest BCUT2D eigenvalue weighted by molar-refractivity contribution is 5.69. The van der Waals surface area contributed by atoms with Crippen molar-refractivity contribution >= 4 is 17.3 Å². The first-order valence-corrected chi connectivity index (χ1v) is 5.63. The molecular formula is C11H15N3O4. The van der Waals surface area contributed by atoms with Crippen molar-refractivity contribution in [3.63, 3.8) is 0 Å². The first-order chi connectivity index (χ1) is 8.65. The van der Waals surface area contributed by atoms with Crippen molar-refractivity contribution in [2.24, 2.45) is 0 Å². The molecule has 0 amide bonds. The molecule has 0 aliphatic heterocycles. The van der Waals surface area contributed by atoms with Gasteiger partial charge in [0.2, 0.25) is 0 Å².